The van der Waals surface area contributed by atoms with Crippen molar-refractivity contribution in [2.24, 2.45) is 0 Å². The number of ether oxygens (including phenoxy) is 1. The quantitative estimate of drug-likeness (QED) is 0.574. The number of benzene rings is 1. The predicted octanol–water partition coefficient (Wildman–Crippen LogP) is 3.08. The van der Waals surface area contributed by atoms with E-state index in [0.29, 0.717) is 22.9 Å². The number of hydrogen-bond acceptors (Lipinski definition) is 3. The first-order chi connectivity index (χ1) is 8.27. The molecule has 0 bridgehead atoms. The molecule has 0 radical (unpaired) electrons. The number of aliphatic hydroxyl groups excluding tert-OH is 1. The maximum Gasteiger partial charge on any atom is 0.153 e. The van der Waals surface area contributed by atoms with Gasteiger partial charge in [-0.25, -0.2) is 0 Å². The Morgan fingerprint density at radius 1 is 1.24 bits per heavy atom. The molecule has 0 aliphatic rings. The minimum absolute atomic E-state index is 0.243. The van der Waals surface area contributed by atoms with Gasteiger partial charge >= 0.3 is 0 Å². The molecule has 1 N–H and O–H groups in total. The molecule has 0 spiro atoms. The zero-order valence-electron chi connectivity index (χ0n) is 9.69. The van der Waals surface area contributed by atoms with Crippen molar-refractivity contribution in [1.82, 2.24) is 0 Å². The minimum Gasteiger partial charge on any atom is -0.493 e. The summed E-state index contributed by atoms with van der Waals surface area (Å²) in [4.78, 5) is 10.8. The number of unbranched alkanes of at least 4 members (excludes halogenated alkanes) is 3. The number of aldehydes is 1. The largest absolute Gasteiger partial charge is 0.493 e. The average Bonchev–Trinajstić information content (AvgIpc) is 2.35. The van der Waals surface area contributed by atoms with Gasteiger partial charge in [-0.1, -0.05) is 18.0 Å². The second kappa shape index (κ2) is 8.09. The third-order valence-corrected chi connectivity index (χ3v) is 2.64. The normalized spacial score (nSPS) is 10.2. The van der Waals surface area contributed by atoms with Crippen molar-refractivity contribution in [3.05, 3.63) is 28.8 Å². The average molecular weight is 257 g/mol. The lowest BCUT2D eigenvalue weighted by Gasteiger charge is -2.08. The van der Waals surface area contributed by atoms with Crippen LogP contribution in [0.2, 0.25) is 5.02 Å². The second-order valence-corrected chi connectivity index (χ2v) is 4.22. The van der Waals surface area contributed by atoms with E-state index >= 15 is 0 Å². The van der Waals surface area contributed by atoms with Gasteiger partial charge in [0, 0.05) is 11.6 Å². The van der Waals surface area contributed by atoms with Crippen LogP contribution in [-0.4, -0.2) is 24.6 Å². The Balaban J connectivity index is 2.33. The summed E-state index contributed by atoms with van der Waals surface area (Å²) in [6.45, 7) is 0.821. The van der Waals surface area contributed by atoms with Crippen LogP contribution >= 0.6 is 11.6 Å². The Bertz CT molecular complexity index is 353. The van der Waals surface area contributed by atoms with Gasteiger partial charge in [0.05, 0.1) is 12.2 Å². The molecule has 0 aliphatic carbocycles. The van der Waals surface area contributed by atoms with Gasteiger partial charge < -0.3 is 9.84 Å². The van der Waals surface area contributed by atoms with Crippen LogP contribution in [0.5, 0.6) is 5.75 Å². The van der Waals surface area contributed by atoms with Gasteiger partial charge in [-0.2, -0.15) is 0 Å². The monoisotopic (exact) mass is 256 g/mol. The first kappa shape index (κ1) is 14.0. The van der Waals surface area contributed by atoms with E-state index in [-0.39, 0.29) is 6.61 Å². The van der Waals surface area contributed by atoms with Gasteiger partial charge in [-0.05, 0) is 37.5 Å². The maximum absolute atomic E-state index is 10.8. The van der Waals surface area contributed by atoms with Crippen molar-refractivity contribution < 1.29 is 14.6 Å². The van der Waals surface area contributed by atoms with Crippen LogP contribution in [0.3, 0.4) is 0 Å². The molecule has 0 saturated carbocycles. The van der Waals surface area contributed by atoms with Gasteiger partial charge in [-0.15, -0.1) is 0 Å². The van der Waals surface area contributed by atoms with Gasteiger partial charge in [0.2, 0.25) is 0 Å². The molecule has 0 fully saturated rings. The second-order valence-electron chi connectivity index (χ2n) is 3.79. The fourth-order valence-electron chi connectivity index (χ4n) is 1.49. The summed E-state index contributed by atoms with van der Waals surface area (Å²) >= 11 is 5.78. The molecule has 1 aromatic rings. The van der Waals surface area contributed by atoms with Gasteiger partial charge in [-0.3, -0.25) is 4.79 Å². The molecule has 0 heterocycles. The lowest BCUT2D eigenvalue weighted by molar-refractivity contribution is 0.111. The highest BCUT2D eigenvalue weighted by Crippen LogP contribution is 2.21. The highest BCUT2D eigenvalue weighted by Gasteiger charge is 2.03. The molecule has 1 aromatic carbocycles. The highest BCUT2D eigenvalue weighted by atomic mass is 35.5. The van der Waals surface area contributed by atoms with Crippen molar-refractivity contribution in [2.45, 2.75) is 25.7 Å². The molecule has 94 valence electrons. The molecule has 0 atom stereocenters. The lowest BCUT2D eigenvalue weighted by atomic mass is 10.2. The Morgan fingerprint density at radius 2 is 2.00 bits per heavy atom. The molecule has 3 nitrogen and oxygen atoms in total. The van der Waals surface area contributed by atoms with E-state index in [0.717, 1.165) is 32.0 Å². The molecule has 0 aromatic heterocycles. The van der Waals surface area contributed by atoms with Crippen LogP contribution < -0.4 is 4.74 Å². The van der Waals surface area contributed by atoms with Crippen LogP contribution in [0.4, 0.5) is 0 Å². The number of rotatable bonds is 8. The van der Waals surface area contributed by atoms with E-state index in [1.165, 1.54) is 0 Å². The molecular weight excluding hydrogens is 240 g/mol. The van der Waals surface area contributed by atoms with E-state index in [4.69, 9.17) is 21.4 Å². The summed E-state index contributed by atoms with van der Waals surface area (Å²) in [5.41, 5.74) is 0.479. The Kier molecular flexibility index (Phi) is 6.67. The Morgan fingerprint density at radius 3 is 2.71 bits per heavy atom. The Labute approximate surface area is 106 Å². The number of hydrogen-bond donors (Lipinski definition) is 1. The number of carbonyl (C=O) groups excluding carboxylic acids is 1. The first-order valence-corrected chi connectivity index (χ1v) is 6.14. The van der Waals surface area contributed by atoms with E-state index < -0.39 is 0 Å². The first-order valence-electron chi connectivity index (χ1n) is 5.76. The molecule has 4 heteroatoms. The third-order valence-electron chi connectivity index (χ3n) is 2.41. The SMILES string of the molecule is O=Cc1cc(Cl)ccc1OCCCCCCO. The van der Waals surface area contributed by atoms with Crippen molar-refractivity contribution in [2.75, 3.05) is 13.2 Å². The van der Waals surface area contributed by atoms with Crippen LogP contribution in [0.1, 0.15) is 36.0 Å². The van der Waals surface area contributed by atoms with Crippen LogP contribution in [0.25, 0.3) is 0 Å². The van der Waals surface area contributed by atoms with E-state index in [2.05, 4.69) is 0 Å². The summed E-state index contributed by atoms with van der Waals surface area (Å²) in [6, 6.07) is 5.01. The van der Waals surface area contributed by atoms with Gasteiger partial charge in [0.1, 0.15) is 5.75 Å². The fraction of sp³-hybridized carbons (Fsp3) is 0.462. The molecule has 1 rings (SSSR count). The summed E-state index contributed by atoms with van der Waals surface area (Å²) < 4.78 is 5.51. The van der Waals surface area contributed by atoms with Crippen LogP contribution in [0, 0.1) is 0 Å². The van der Waals surface area contributed by atoms with Crippen molar-refractivity contribution >= 4 is 17.9 Å². The van der Waals surface area contributed by atoms with Crippen LogP contribution in [0.15, 0.2) is 18.2 Å². The fourth-order valence-corrected chi connectivity index (χ4v) is 1.67. The number of carbonyl (C=O) groups is 1. The summed E-state index contributed by atoms with van der Waals surface area (Å²) in [7, 11) is 0. The topological polar surface area (TPSA) is 46.5 Å². The lowest BCUT2D eigenvalue weighted by Crippen LogP contribution is -2.00. The molecule has 17 heavy (non-hydrogen) atoms. The van der Waals surface area contributed by atoms with E-state index in [9.17, 15) is 4.79 Å². The maximum atomic E-state index is 10.8. The smallest absolute Gasteiger partial charge is 0.153 e. The molecule has 0 amide bonds. The third kappa shape index (κ3) is 5.20. The zero-order chi connectivity index (χ0) is 12.5. The van der Waals surface area contributed by atoms with E-state index in [1.54, 1.807) is 18.2 Å². The molecule has 0 saturated heterocycles. The van der Waals surface area contributed by atoms with Crippen molar-refractivity contribution in [1.29, 1.82) is 0 Å². The highest BCUT2D eigenvalue weighted by molar-refractivity contribution is 6.30. The van der Waals surface area contributed by atoms with Crippen LogP contribution in [-0.2, 0) is 0 Å². The number of aliphatic hydroxyl groups is 1. The van der Waals surface area contributed by atoms with Gasteiger partial charge in [0.25, 0.3) is 0 Å². The zero-order valence-corrected chi connectivity index (χ0v) is 10.4. The molecule has 0 aliphatic heterocycles. The summed E-state index contributed by atoms with van der Waals surface area (Å²) in [5.74, 6) is 0.576. The van der Waals surface area contributed by atoms with Crippen molar-refractivity contribution in [3.63, 3.8) is 0 Å². The molecular formula is C13H17ClO3. The Hall–Kier alpha value is -1.06. The van der Waals surface area contributed by atoms with E-state index in [1.807, 2.05) is 0 Å². The standard InChI is InChI=1S/C13H17ClO3/c14-12-5-6-13(11(9-12)10-16)17-8-4-2-1-3-7-15/h5-6,9-10,15H,1-4,7-8H2. The summed E-state index contributed by atoms with van der Waals surface area (Å²) in [6.07, 6.45) is 4.51. The predicted molar refractivity (Wildman–Crippen MR) is 67.9 cm³/mol. The van der Waals surface area contributed by atoms with Gasteiger partial charge in [0.15, 0.2) is 6.29 Å². The van der Waals surface area contributed by atoms with Crippen molar-refractivity contribution in [3.8, 4) is 5.75 Å². The molecule has 0 unspecified atom stereocenters. The number of halogens is 1. The summed E-state index contributed by atoms with van der Waals surface area (Å²) in [5, 5.41) is 9.14. The minimum atomic E-state index is 0.243.